The van der Waals surface area contributed by atoms with Crippen LogP contribution in [0.4, 0.5) is 13.2 Å². The first-order valence-electron chi connectivity index (χ1n) is 8.31. The van der Waals surface area contributed by atoms with E-state index in [1.54, 1.807) is 6.07 Å². The van der Waals surface area contributed by atoms with Gasteiger partial charge in [-0.05, 0) is 30.4 Å². The zero-order valence-corrected chi connectivity index (χ0v) is 14.2. The molecular formula is C18H26F3NO2. The van der Waals surface area contributed by atoms with E-state index in [0.29, 0.717) is 24.4 Å². The standard InChI is InChI=1S/C18H26F3NO2/c1-13(2)16(9-4-3-5-10-17(23)24)22-12-14-7-6-8-15(11-14)18(19,20)21/h6-8,11,13,16,22H,3-5,9-10,12H2,1-2H3,(H,23,24). The average molecular weight is 345 g/mol. The summed E-state index contributed by atoms with van der Waals surface area (Å²) in [4.78, 5) is 10.5. The third-order valence-electron chi connectivity index (χ3n) is 4.03. The molecule has 0 saturated heterocycles. The molecule has 1 unspecified atom stereocenters. The molecule has 0 saturated carbocycles. The Kier molecular flexibility index (Phi) is 8.25. The Morgan fingerprint density at radius 2 is 1.92 bits per heavy atom. The highest BCUT2D eigenvalue weighted by Crippen LogP contribution is 2.29. The van der Waals surface area contributed by atoms with Crippen molar-refractivity contribution in [1.82, 2.24) is 5.32 Å². The highest BCUT2D eigenvalue weighted by Gasteiger charge is 2.30. The van der Waals surface area contributed by atoms with Gasteiger partial charge in [-0.15, -0.1) is 0 Å². The number of nitrogens with one attached hydrogen (secondary N) is 1. The molecule has 0 fully saturated rings. The van der Waals surface area contributed by atoms with Crippen LogP contribution in [-0.4, -0.2) is 17.1 Å². The fourth-order valence-electron chi connectivity index (χ4n) is 2.59. The molecule has 1 aromatic carbocycles. The number of aliphatic carboxylic acids is 1. The quantitative estimate of drug-likeness (QED) is 0.596. The second-order valence-corrected chi connectivity index (χ2v) is 6.42. The number of rotatable bonds is 10. The molecule has 1 aromatic rings. The van der Waals surface area contributed by atoms with Crippen molar-refractivity contribution >= 4 is 5.97 Å². The Labute approximate surface area is 141 Å². The minimum atomic E-state index is -4.32. The van der Waals surface area contributed by atoms with Gasteiger partial charge in [-0.3, -0.25) is 4.79 Å². The number of halogens is 3. The maximum atomic E-state index is 12.7. The minimum absolute atomic E-state index is 0.185. The van der Waals surface area contributed by atoms with Crippen LogP contribution in [0.15, 0.2) is 24.3 Å². The Hall–Kier alpha value is -1.56. The van der Waals surface area contributed by atoms with Crippen molar-refractivity contribution in [2.45, 2.75) is 64.7 Å². The second kappa shape index (κ2) is 9.67. The van der Waals surface area contributed by atoms with Crippen LogP contribution in [0.2, 0.25) is 0 Å². The highest BCUT2D eigenvalue weighted by atomic mass is 19.4. The molecule has 0 aromatic heterocycles. The summed E-state index contributed by atoms with van der Waals surface area (Å²) in [5, 5.41) is 11.9. The minimum Gasteiger partial charge on any atom is -0.481 e. The number of alkyl halides is 3. The van der Waals surface area contributed by atoms with Crippen molar-refractivity contribution in [3.63, 3.8) is 0 Å². The first kappa shape index (κ1) is 20.5. The van der Waals surface area contributed by atoms with Crippen LogP contribution in [0.5, 0.6) is 0 Å². The van der Waals surface area contributed by atoms with Gasteiger partial charge >= 0.3 is 12.1 Å². The van der Waals surface area contributed by atoms with Crippen molar-refractivity contribution in [2.75, 3.05) is 0 Å². The zero-order valence-electron chi connectivity index (χ0n) is 14.2. The molecular weight excluding hydrogens is 319 g/mol. The van der Waals surface area contributed by atoms with Gasteiger partial charge in [-0.25, -0.2) is 0 Å². The average Bonchev–Trinajstić information content (AvgIpc) is 2.48. The summed E-state index contributed by atoms with van der Waals surface area (Å²) in [6.45, 7) is 4.53. The molecule has 24 heavy (non-hydrogen) atoms. The first-order valence-corrected chi connectivity index (χ1v) is 8.31. The van der Waals surface area contributed by atoms with Crippen LogP contribution < -0.4 is 5.32 Å². The molecule has 6 heteroatoms. The van der Waals surface area contributed by atoms with Crippen molar-refractivity contribution in [3.8, 4) is 0 Å². The first-order chi connectivity index (χ1) is 11.2. The number of hydrogen-bond donors (Lipinski definition) is 2. The Balaban J connectivity index is 2.47. The number of carboxylic acid groups (broad SMARTS) is 1. The molecule has 3 nitrogen and oxygen atoms in total. The number of carboxylic acids is 1. The molecule has 0 bridgehead atoms. The summed E-state index contributed by atoms with van der Waals surface area (Å²) in [7, 11) is 0. The number of carbonyl (C=O) groups is 1. The maximum absolute atomic E-state index is 12.7. The third-order valence-corrected chi connectivity index (χ3v) is 4.03. The monoisotopic (exact) mass is 345 g/mol. The molecule has 0 aliphatic carbocycles. The van der Waals surface area contributed by atoms with Crippen molar-refractivity contribution < 1.29 is 23.1 Å². The lowest BCUT2D eigenvalue weighted by atomic mass is 9.97. The molecule has 0 aliphatic rings. The van der Waals surface area contributed by atoms with Gasteiger partial charge in [0.15, 0.2) is 0 Å². The van der Waals surface area contributed by atoms with E-state index in [-0.39, 0.29) is 12.5 Å². The van der Waals surface area contributed by atoms with E-state index in [4.69, 9.17) is 5.11 Å². The van der Waals surface area contributed by atoms with Gasteiger partial charge in [0.25, 0.3) is 0 Å². The van der Waals surface area contributed by atoms with E-state index in [0.717, 1.165) is 25.3 Å². The van der Waals surface area contributed by atoms with E-state index in [1.807, 2.05) is 0 Å². The van der Waals surface area contributed by atoms with Gasteiger partial charge in [0.2, 0.25) is 0 Å². The molecule has 0 amide bonds. The number of hydrogen-bond acceptors (Lipinski definition) is 2. The summed E-state index contributed by atoms with van der Waals surface area (Å²) >= 11 is 0. The van der Waals surface area contributed by atoms with Crippen molar-refractivity contribution in [1.29, 1.82) is 0 Å². The van der Waals surface area contributed by atoms with Crippen molar-refractivity contribution in [3.05, 3.63) is 35.4 Å². The predicted molar refractivity (Wildman–Crippen MR) is 87.6 cm³/mol. The SMILES string of the molecule is CC(C)C(CCCCCC(=O)O)NCc1cccc(C(F)(F)F)c1. The van der Waals surface area contributed by atoms with E-state index >= 15 is 0 Å². The van der Waals surface area contributed by atoms with Crippen LogP contribution in [0.1, 0.15) is 57.1 Å². The lowest BCUT2D eigenvalue weighted by Crippen LogP contribution is -2.33. The summed E-state index contributed by atoms with van der Waals surface area (Å²) < 4.78 is 38.2. The summed E-state index contributed by atoms with van der Waals surface area (Å²) in [5.41, 5.74) is -0.0158. The third kappa shape index (κ3) is 7.81. The lowest BCUT2D eigenvalue weighted by molar-refractivity contribution is -0.138. The van der Waals surface area contributed by atoms with Gasteiger partial charge in [0.05, 0.1) is 5.56 Å². The fraction of sp³-hybridized carbons (Fsp3) is 0.611. The maximum Gasteiger partial charge on any atom is 0.416 e. The number of benzene rings is 1. The van der Waals surface area contributed by atoms with E-state index in [9.17, 15) is 18.0 Å². The van der Waals surface area contributed by atoms with Gasteiger partial charge in [0.1, 0.15) is 0 Å². The summed E-state index contributed by atoms with van der Waals surface area (Å²) in [6, 6.07) is 5.57. The van der Waals surface area contributed by atoms with Gasteiger partial charge in [-0.1, -0.05) is 44.9 Å². The summed E-state index contributed by atoms with van der Waals surface area (Å²) in [5.74, 6) is -0.423. The zero-order chi connectivity index (χ0) is 18.2. The van der Waals surface area contributed by atoms with Crippen LogP contribution in [0.3, 0.4) is 0 Å². The molecule has 0 radical (unpaired) electrons. The molecule has 0 aliphatic heterocycles. The Morgan fingerprint density at radius 3 is 2.50 bits per heavy atom. The van der Waals surface area contributed by atoms with Crippen LogP contribution in [0.25, 0.3) is 0 Å². The largest absolute Gasteiger partial charge is 0.481 e. The van der Waals surface area contributed by atoms with Gasteiger partial charge in [0, 0.05) is 19.0 Å². The molecule has 1 rings (SSSR count). The second-order valence-electron chi connectivity index (χ2n) is 6.42. The predicted octanol–water partition coefficient (Wildman–Crippen LogP) is 4.85. The smallest absolute Gasteiger partial charge is 0.416 e. The topological polar surface area (TPSA) is 49.3 Å². The number of unbranched alkanes of at least 4 members (excludes halogenated alkanes) is 2. The van der Waals surface area contributed by atoms with E-state index < -0.39 is 17.7 Å². The van der Waals surface area contributed by atoms with Crippen LogP contribution in [0, 0.1) is 5.92 Å². The Bertz CT molecular complexity index is 515. The van der Waals surface area contributed by atoms with E-state index in [2.05, 4.69) is 19.2 Å². The molecule has 2 N–H and O–H groups in total. The normalized spacial score (nSPS) is 13.2. The van der Waals surface area contributed by atoms with Gasteiger partial charge < -0.3 is 10.4 Å². The molecule has 1 atom stereocenters. The van der Waals surface area contributed by atoms with Crippen LogP contribution in [-0.2, 0) is 17.5 Å². The van der Waals surface area contributed by atoms with Crippen molar-refractivity contribution in [2.24, 2.45) is 5.92 Å². The fourth-order valence-corrected chi connectivity index (χ4v) is 2.59. The molecule has 136 valence electrons. The Morgan fingerprint density at radius 1 is 1.21 bits per heavy atom. The summed E-state index contributed by atoms with van der Waals surface area (Å²) in [6.07, 6.45) is -0.835. The molecule has 0 spiro atoms. The molecule has 0 heterocycles. The van der Waals surface area contributed by atoms with Gasteiger partial charge in [-0.2, -0.15) is 13.2 Å². The van der Waals surface area contributed by atoms with Crippen LogP contribution >= 0.6 is 0 Å². The lowest BCUT2D eigenvalue weighted by Gasteiger charge is -2.23. The van der Waals surface area contributed by atoms with E-state index in [1.165, 1.54) is 12.1 Å². The highest BCUT2D eigenvalue weighted by molar-refractivity contribution is 5.66.